The van der Waals surface area contributed by atoms with Crippen LogP contribution in [0.3, 0.4) is 0 Å². The molecule has 4 atom stereocenters. The molecule has 0 heterocycles. The molecule has 0 spiro atoms. The molecular formula is C28H54O5Si2. The molecule has 0 aromatic heterocycles. The standard InChI is InChI=1S/C28H54O5Si2/c1-26(2,3)34(8,9)32-18-17-28-16-15-24(33-35(10,11)27(4,5)6)21-23(28)13-12-14-25(28)31-22-30-20-19-29-7/h15-18,23-25H,12-14,19-22H2,1-11H3/b18-17-/t23-,24-,25?,28?/m1/s1. The van der Waals surface area contributed by atoms with Gasteiger partial charge in [-0.15, -0.1) is 0 Å². The lowest BCUT2D eigenvalue weighted by atomic mass is 9.60. The molecule has 0 bridgehead atoms. The Labute approximate surface area is 218 Å². The van der Waals surface area contributed by atoms with Crippen LogP contribution in [-0.2, 0) is 23.1 Å². The van der Waals surface area contributed by atoms with Crippen molar-refractivity contribution >= 4 is 16.6 Å². The summed E-state index contributed by atoms with van der Waals surface area (Å²) in [7, 11) is -2.05. The van der Waals surface area contributed by atoms with E-state index in [0.29, 0.717) is 19.1 Å². The fourth-order valence-electron chi connectivity index (χ4n) is 4.51. The van der Waals surface area contributed by atoms with Gasteiger partial charge in [-0.3, -0.25) is 0 Å². The molecule has 2 unspecified atom stereocenters. The van der Waals surface area contributed by atoms with Crippen molar-refractivity contribution in [1.82, 2.24) is 0 Å². The summed E-state index contributed by atoms with van der Waals surface area (Å²) in [6, 6.07) is 0. The van der Waals surface area contributed by atoms with Gasteiger partial charge in [0.05, 0.1) is 31.7 Å². The first-order valence-corrected chi connectivity index (χ1v) is 19.3. The molecule has 0 radical (unpaired) electrons. The van der Waals surface area contributed by atoms with Gasteiger partial charge in [-0.25, -0.2) is 0 Å². The number of hydrogen-bond donors (Lipinski definition) is 0. The van der Waals surface area contributed by atoms with E-state index in [1.807, 2.05) is 6.26 Å². The monoisotopic (exact) mass is 526 g/mol. The number of ether oxygens (including phenoxy) is 3. The Morgan fingerprint density at radius 2 is 1.60 bits per heavy atom. The molecule has 0 amide bonds. The van der Waals surface area contributed by atoms with Crippen molar-refractivity contribution in [3.63, 3.8) is 0 Å². The van der Waals surface area contributed by atoms with Gasteiger partial charge in [-0.1, -0.05) is 60.1 Å². The second kappa shape index (κ2) is 11.9. The van der Waals surface area contributed by atoms with Crippen LogP contribution >= 0.6 is 0 Å². The van der Waals surface area contributed by atoms with E-state index in [9.17, 15) is 0 Å². The van der Waals surface area contributed by atoms with Gasteiger partial charge in [0.2, 0.25) is 8.32 Å². The molecule has 1 saturated carbocycles. The zero-order valence-electron chi connectivity index (χ0n) is 24.5. The van der Waals surface area contributed by atoms with Crippen LogP contribution in [0.4, 0.5) is 0 Å². The van der Waals surface area contributed by atoms with Crippen molar-refractivity contribution in [3.05, 3.63) is 24.5 Å². The van der Waals surface area contributed by atoms with E-state index in [-0.39, 0.29) is 34.5 Å². The highest BCUT2D eigenvalue weighted by molar-refractivity contribution is 6.74. The van der Waals surface area contributed by atoms with Crippen LogP contribution in [0.25, 0.3) is 0 Å². The van der Waals surface area contributed by atoms with Crippen LogP contribution in [-0.4, -0.2) is 56.0 Å². The van der Waals surface area contributed by atoms with E-state index in [0.717, 1.165) is 19.3 Å². The normalized spacial score (nSPS) is 28.4. The van der Waals surface area contributed by atoms with Gasteiger partial charge < -0.3 is 23.1 Å². The van der Waals surface area contributed by atoms with Gasteiger partial charge in [0.15, 0.2) is 8.32 Å². The zero-order valence-corrected chi connectivity index (χ0v) is 26.5. The number of methoxy groups -OCH3 is 1. The maximum Gasteiger partial charge on any atom is 0.249 e. The zero-order chi connectivity index (χ0) is 26.5. The molecule has 35 heavy (non-hydrogen) atoms. The van der Waals surface area contributed by atoms with E-state index in [1.165, 1.54) is 6.42 Å². The summed E-state index contributed by atoms with van der Waals surface area (Å²) in [4.78, 5) is 0. The van der Waals surface area contributed by atoms with E-state index in [1.54, 1.807) is 7.11 Å². The first-order chi connectivity index (χ1) is 16.1. The van der Waals surface area contributed by atoms with Crippen LogP contribution in [0, 0.1) is 11.3 Å². The molecule has 1 fully saturated rings. The van der Waals surface area contributed by atoms with E-state index in [2.05, 4.69) is 86.0 Å². The van der Waals surface area contributed by atoms with Crippen LogP contribution in [0.1, 0.15) is 67.2 Å². The minimum absolute atomic E-state index is 0.0631. The summed E-state index contributed by atoms with van der Waals surface area (Å²) in [5.74, 6) is 0.458. The fourth-order valence-corrected chi connectivity index (χ4v) is 6.56. The summed E-state index contributed by atoms with van der Waals surface area (Å²) in [6.45, 7) is 24.5. The van der Waals surface area contributed by atoms with Crippen molar-refractivity contribution in [2.24, 2.45) is 11.3 Å². The molecule has 0 aromatic carbocycles. The molecule has 7 heteroatoms. The molecular weight excluding hydrogens is 472 g/mol. The van der Waals surface area contributed by atoms with Crippen LogP contribution in [0.15, 0.2) is 24.5 Å². The van der Waals surface area contributed by atoms with E-state index < -0.39 is 16.6 Å². The molecule has 0 saturated heterocycles. The highest BCUT2D eigenvalue weighted by Crippen LogP contribution is 2.51. The lowest BCUT2D eigenvalue weighted by Crippen LogP contribution is -2.50. The molecule has 0 aliphatic heterocycles. The lowest BCUT2D eigenvalue weighted by Gasteiger charge is -2.50. The Hall–Kier alpha value is -0.446. The van der Waals surface area contributed by atoms with Gasteiger partial charge >= 0.3 is 0 Å². The molecule has 204 valence electrons. The van der Waals surface area contributed by atoms with E-state index in [4.69, 9.17) is 23.1 Å². The van der Waals surface area contributed by atoms with Crippen molar-refractivity contribution in [3.8, 4) is 0 Å². The molecule has 2 rings (SSSR count). The third kappa shape index (κ3) is 7.77. The average Bonchev–Trinajstić information content (AvgIpc) is 2.72. The van der Waals surface area contributed by atoms with Crippen molar-refractivity contribution < 1.29 is 23.1 Å². The van der Waals surface area contributed by atoms with Gasteiger partial charge in [0.25, 0.3) is 0 Å². The maximum atomic E-state index is 6.83. The second-order valence-corrected chi connectivity index (χ2v) is 23.0. The van der Waals surface area contributed by atoms with Crippen LogP contribution in [0.5, 0.6) is 0 Å². The molecule has 5 nitrogen and oxygen atoms in total. The summed E-state index contributed by atoms with van der Waals surface area (Å²) in [5.41, 5.74) is -0.196. The summed E-state index contributed by atoms with van der Waals surface area (Å²) < 4.78 is 30.5. The molecule has 0 aromatic rings. The predicted octanol–water partition coefficient (Wildman–Crippen LogP) is 7.66. The second-order valence-electron chi connectivity index (χ2n) is 13.5. The van der Waals surface area contributed by atoms with Gasteiger partial charge in [-0.05, 0) is 67.5 Å². The quantitative estimate of drug-likeness (QED) is 0.0909. The molecule has 2 aliphatic carbocycles. The highest BCUT2D eigenvalue weighted by atomic mass is 28.4. The molecule has 2 aliphatic rings. The minimum atomic E-state index is -1.89. The lowest BCUT2D eigenvalue weighted by molar-refractivity contribution is -0.142. The first-order valence-electron chi connectivity index (χ1n) is 13.5. The average molecular weight is 527 g/mol. The number of hydrogen-bond acceptors (Lipinski definition) is 5. The molecule has 0 N–H and O–H groups in total. The smallest absolute Gasteiger partial charge is 0.249 e. The summed E-state index contributed by atoms with van der Waals surface area (Å²) in [5, 5.41) is 0.362. The van der Waals surface area contributed by atoms with Gasteiger partial charge in [0, 0.05) is 12.5 Å². The van der Waals surface area contributed by atoms with Crippen LogP contribution < -0.4 is 0 Å². The third-order valence-electron chi connectivity index (χ3n) is 8.96. The van der Waals surface area contributed by atoms with Crippen molar-refractivity contribution in [2.75, 3.05) is 27.1 Å². The third-order valence-corrected chi connectivity index (χ3v) is 17.8. The predicted molar refractivity (Wildman–Crippen MR) is 151 cm³/mol. The van der Waals surface area contributed by atoms with Crippen molar-refractivity contribution in [1.29, 1.82) is 0 Å². The largest absolute Gasteiger partial charge is 0.549 e. The Kier molecular flexibility index (Phi) is 10.5. The SMILES string of the molecule is COCCOCOC1CCC[C@@H]2C[C@H](O[Si](C)(C)C(C)(C)C)C=CC12/C=C\O[Si](C)(C)C(C)(C)C. The Balaban J connectivity index is 2.29. The summed E-state index contributed by atoms with van der Waals surface area (Å²) >= 11 is 0. The first kappa shape index (κ1) is 30.8. The topological polar surface area (TPSA) is 46.2 Å². The maximum absolute atomic E-state index is 6.83. The Bertz CT molecular complexity index is 720. The Morgan fingerprint density at radius 3 is 2.20 bits per heavy atom. The Morgan fingerprint density at radius 1 is 0.943 bits per heavy atom. The summed E-state index contributed by atoms with van der Waals surface area (Å²) in [6.07, 6.45) is 13.6. The number of rotatable bonds is 11. The highest BCUT2D eigenvalue weighted by Gasteiger charge is 2.49. The van der Waals surface area contributed by atoms with E-state index >= 15 is 0 Å². The number of fused-ring (bicyclic) bond motifs is 1. The van der Waals surface area contributed by atoms with Gasteiger partial charge in [-0.2, -0.15) is 0 Å². The van der Waals surface area contributed by atoms with Crippen LogP contribution in [0.2, 0.25) is 36.3 Å². The fraction of sp³-hybridized carbons (Fsp3) is 0.857. The minimum Gasteiger partial charge on any atom is -0.549 e. The van der Waals surface area contributed by atoms with Gasteiger partial charge in [0.1, 0.15) is 6.79 Å². The van der Waals surface area contributed by atoms with Crippen molar-refractivity contribution in [2.45, 2.75) is 116 Å².